The lowest BCUT2D eigenvalue weighted by molar-refractivity contribution is -0.141. The SMILES string of the molecule is Cc1nn2cc1CCc1cn(nc1C(F)(F)F)-c1cccc(n1)C(C)(C)c1cccc-2n1. The van der Waals surface area contributed by atoms with Crippen LogP contribution in [0.3, 0.4) is 0 Å². The van der Waals surface area contributed by atoms with Gasteiger partial charge < -0.3 is 0 Å². The molecule has 0 N–H and O–H groups in total. The van der Waals surface area contributed by atoms with Crippen molar-refractivity contribution in [2.75, 3.05) is 0 Å². The van der Waals surface area contributed by atoms with E-state index >= 15 is 0 Å². The molecule has 1 aliphatic heterocycles. The quantitative estimate of drug-likeness (QED) is 0.403. The van der Waals surface area contributed by atoms with Gasteiger partial charge in [-0.25, -0.2) is 19.3 Å². The van der Waals surface area contributed by atoms with Crippen LogP contribution in [0.2, 0.25) is 0 Å². The number of alkyl halides is 3. The van der Waals surface area contributed by atoms with Crippen molar-refractivity contribution in [2.24, 2.45) is 0 Å². The highest BCUT2D eigenvalue weighted by Gasteiger charge is 2.37. The first-order valence-corrected chi connectivity index (χ1v) is 10.3. The molecule has 32 heavy (non-hydrogen) atoms. The van der Waals surface area contributed by atoms with Gasteiger partial charge in [-0.15, -0.1) is 0 Å². The van der Waals surface area contributed by atoms with Crippen LogP contribution in [0, 0.1) is 6.92 Å². The van der Waals surface area contributed by atoms with Gasteiger partial charge in [-0.1, -0.05) is 12.1 Å². The van der Waals surface area contributed by atoms with Crippen LogP contribution in [0.4, 0.5) is 13.2 Å². The number of pyridine rings is 2. The van der Waals surface area contributed by atoms with Gasteiger partial charge in [-0.3, -0.25) is 0 Å². The van der Waals surface area contributed by atoms with Crippen LogP contribution in [0.15, 0.2) is 48.8 Å². The monoisotopic (exact) mass is 438 g/mol. The van der Waals surface area contributed by atoms with Crippen molar-refractivity contribution in [2.45, 2.75) is 45.2 Å². The summed E-state index contributed by atoms with van der Waals surface area (Å²) in [4.78, 5) is 9.48. The van der Waals surface area contributed by atoms with E-state index in [4.69, 9.17) is 4.98 Å². The Hall–Kier alpha value is -3.49. The van der Waals surface area contributed by atoms with E-state index in [-0.39, 0.29) is 12.0 Å². The molecule has 5 heterocycles. The summed E-state index contributed by atoms with van der Waals surface area (Å²) in [6.45, 7) is 5.82. The number of aromatic nitrogens is 6. The molecular weight excluding hydrogens is 417 g/mol. The van der Waals surface area contributed by atoms with E-state index in [9.17, 15) is 13.2 Å². The first-order valence-electron chi connectivity index (χ1n) is 10.3. The molecule has 0 saturated heterocycles. The molecule has 9 heteroatoms. The Morgan fingerprint density at radius 2 is 1.34 bits per heavy atom. The smallest absolute Gasteiger partial charge is 0.233 e. The number of hydrogen-bond acceptors (Lipinski definition) is 4. The second-order valence-corrected chi connectivity index (χ2v) is 8.52. The molecule has 0 aliphatic carbocycles. The predicted octanol–water partition coefficient (Wildman–Crippen LogP) is 4.60. The van der Waals surface area contributed by atoms with Crippen LogP contribution in [0.1, 0.15) is 47.8 Å². The average molecular weight is 438 g/mol. The molecule has 6 nitrogen and oxygen atoms in total. The fourth-order valence-electron chi connectivity index (χ4n) is 4.01. The topological polar surface area (TPSA) is 61.4 Å². The van der Waals surface area contributed by atoms with E-state index in [1.807, 2.05) is 51.2 Å². The third-order valence-corrected chi connectivity index (χ3v) is 5.94. The number of aryl methyl sites for hydroxylation is 3. The Kier molecular flexibility index (Phi) is 4.47. The maximum absolute atomic E-state index is 13.7. The third kappa shape index (κ3) is 3.37. The van der Waals surface area contributed by atoms with E-state index in [0.29, 0.717) is 23.8 Å². The van der Waals surface area contributed by atoms with E-state index < -0.39 is 17.3 Å². The first kappa shape index (κ1) is 20.4. The number of rotatable bonds is 0. The largest absolute Gasteiger partial charge is 0.435 e. The number of fused-ring (bicyclic) bond motifs is 10. The Balaban J connectivity index is 1.76. The standard InChI is InChI=1S/C23H21F3N6/c1-14-15-10-11-16-13-32(30-21(16)23(24,25)26)20-9-5-7-18(28-20)22(2,3)17-6-4-8-19(27-17)31(12-15)29-14/h4-9,12-13H,10-11H2,1-3H3. The first-order chi connectivity index (χ1) is 15.1. The summed E-state index contributed by atoms with van der Waals surface area (Å²) in [5.74, 6) is 0.985. The molecule has 5 rings (SSSR count). The molecule has 1 aliphatic rings. The molecule has 0 radical (unpaired) electrons. The highest BCUT2D eigenvalue weighted by Crippen LogP contribution is 2.33. The van der Waals surface area contributed by atoms with Crippen molar-refractivity contribution in [1.82, 2.24) is 29.5 Å². The molecule has 0 amide bonds. The van der Waals surface area contributed by atoms with E-state index in [1.165, 1.54) is 10.9 Å². The minimum Gasteiger partial charge on any atom is -0.233 e. The lowest BCUT2D eigenvalue weighted by Crippen LogP contribution is -2.23. The van der Waals surface area contributed by atoms with Crippen molar-refractivity contribution in [3.63, 3.8) is 0 Å². The lowest BCUT2D eigenvalue weighted by Gasteiger charge is -2.24. The Morgan fingerprint density at radius 3 is 1.94 bits per heavy atom. The maximum Gasteiger partial charge on any atom is 0.435 e. The minimum atomic E-state index is -4.55. The summed E-state index contributed by atoms with van der Waals surface area (Å²) in [7, 11) is 0. The van der Waals surface area contributed by atoms with Crippen LogP contribution in [-0.4, -0.2) is 29.5 Å². The van der Waals surface area contributed by atoms with Crippen LogP contribution in [0.25, 0.3) is 11.6 Å². The maximum atomic E-state index is 13.7. The van der Waals surface area contributed by atoms with Gasteiger partial charge in [0.25, 0.3) is 0 Å². The Labute approximate surface area is 182 Å². The summed E-state index contributed by atoms with van der Waals surface area (Å²) >= 11 is 0. The van der Waals surface area contributed by atoms with Crippen molar-refractivity contribution in [3.05, 3.63) is 82.7 Å². The van der Waals surface area contributed by atoms with Gasteiger partial charge in [-0.05, 0) is 63.4 Å². The summed E-state index contributed by atoms with van der Waals surface area (Å²) in [6.07, 6.45) is -0.702. The number of halogens is 3. The van der Waals surface area contributed by atoms with Crippen LogP contribution in [0.5, 0.6) is 0 Å². The molecule has 4 aromatic rings. The molecule has 0 spiro atoms. The van der Waals surface area contributed by atoms with Gasteiger partial charge >= 0.3 is 6.18 Å². The number of nitrogens with zero attached hydrogens (tertiary/aromatic N) is 6. The third-order valence-electron chi connectivity index (χ3n) is 5.94. The summed E-state index contributed by atoms with van der Waals surface area (Å²) in [5, 5.41) is 8.42. The fourth-order valence-corrected chi connectivity index (χ4v) is 4.01. The summed E-state index contributed by atoms with van der Waals surface area (Å²) < 4.78 is 44.1. The van der Waals surface area contributed by atoms with Crippen molar-refractivity contribution in [3.8, 4) is 11.6 Å². The van der Waals surface area contributed by atoms with Crippen LogP contribution < -0.4 is 0 Å². The molecule has 0 aromatic carbocycles. The average Bonchev–Trinajstić information content (AvgIpc) is 3.35. The second kappa shape index (κ2) is 7.01. The molecule has 0 fully saturated rings. The molecule has 0 saturated carbocycles. The predicted molar refractivity (Wildman–Crippen MR) is 112 cm³/mol. The minimum absolute atomic E-state index is 0.129. The zero-order valence-corrected chi connectivity index (χ0v) is 17.9. The van der Waals surface area contributed by atoms with Gasteiger partial charge in [0.05, 0.1) is 17.1 Å². The van der Waals surface area contributed by atoms with E-state index in [0.717, 1.165) is 17.0 Å². The summed E-state index contributed by atoms with van der Waals surface area (Å²) in [5.41, 5.74) is 1.74. The van der Waals surface area contributed by atoms with E-state index in [1.54, 1.807) is 16.8 Å². The second-order valence-electron chi connectivity index (χ2n) is 8.52. The molecule has 0 unspecified atom stereocenters. The zero-order chi connectivity index (χ0) is 22.7. The van der Waals surface area contributed by atoms with Crippen LogP contribution in [-0.2, 0) is 24.4 Å². The molecular formula is C23H21F3N6. The Morgan fingerprint density at radius 1 is 0.812 bits per heavy atom. The van der Waals surface area contributed by atoms with Crippen LogP contribution >= 0.6 is 0 Å². The molecule has 4 aromatic heterocycles. The van der Waals surface area contributed by atoms with Crippen molar-refractivity contribution in [1.29, 1.82) is 0 Å². The van der Waals surface area contributed by atoms with Gasteiger partial charge in [0, 0.05) is 23.4 Å². The van der Waals surface area contributed by atoms with Gasteiger partial charge in [0.1, 0.15) is 0 Å². The molecule has 164 valence electrons. The zero-order valence-electron chi connectivity index (χ0n) is 17.9. The van der Waals surface area contributed by atoms with E-state index in [2.05, 4.69) is 15.2 Å². The van der Waals surface area contributed by atoms with Crippen molar-refractivity contribution >= 4 is 0 Å². The van der Waals surface area contributed by atoms with Crippen molar-refractivity contribution < 1.29 is 13.2 Å². The number of hydrogen-bond donors (Lipinski definition) is 0. The fraction of sp³-hybridized carbons (Fsp3) is 0.304. The highest BCUT2D eigenvalue weighted by molar-refractivity contribution is 5.38. The normalized spacial score (nSPS) is 15.2. The molecule has 8 bridgehead atoms. The Bertz CT molecular complexity index is 1320. The van der Waals surface area contributed by atoms with Gasteiger partial charge in [0.15, 0.2) is 17.3 Å². The van der Waals surface area contributed by atoms with Gasteiger partial charge in [-0.2, -0.15) is 23.4 Å². The lowest BCUT2D eigenvalue weighted by atomic mass is 9.84. The highest BCUT2D eigenvalue weighted by atomic mass is 19.4. The van der Waals surface area contributed by atoms with Gasteiger partial charge in [0.2, 0.25) is 0 Å². The summed E-state index contributed by atoms with van der Waals surface area (Å²) in [6, 6.07) is 11.0. The molecule has 0 atom stereocenters.